The van der Waals surface area contributed by atoms with Crippen molar-refractivity contribution in [3.63, 3.8) is 0 Å². The van der Waals surface area contributed by atoms with Gasteiger partial charge in [0, 0.05) is 25.9 Å². The molecule has 1 unspecified atom stereocenters. The summed E-state index contributed by atoms with van der Waals surface area (Å²) in [6, 6.07) is 3.57. The summed E-state index contributed by atoms with van der Waals surface area (Å²) in [7, 11) is 0. The van der Waals surface area contributed by atoms with Crippen LogP contribution in [0.3, 0.4) is 0 Å². The van der Waals surface area contributed by atoms with E-state index in [4.69, 9.17) is 5.11 Å². The summed E-state index contributed by atoms with van der Waals surface area (Å²) >= 11 is 0. The summed E-state index contributed by atoms with van der Waals surface area (Å²) in [5.41, 5.74) is 0.847. The Morgan fingerprint density at radius 1 is 1.56 bits per heavy atom. The minimum absolute atomic E-state index is 0.138. The normalized spacial score (nSPS) is 11.8. The van der Waals surface area contributed by atoms with E-state index in [2.05, 4.69) is 10.3 Å². The summed E-state index contributed by atoms with van der Waals surface area (Å²) in [6.07, 6.45) is 3.63. The minimum Gasteiger partial charge on any atom is -0.481 e. The second-order valence-corrected chi connectivity index (χ2v) is 3.54. The fourth-order valence-corrected chi connectivity index (χ4v) is 1.32. The molecule has 1 rings (SSSR count). The second kappa shape index (κ2) is 5.85. The molecule has 5 heteroatoms. The third kappa shape index (κ3) is 4.08. The van der Waals surface area contributed by atoms with Crippen LogP contribution >= 0.6 is 0 Å². The Morgan fingerprint density at radius 3 is 2.81 bits per heavy atom. The lowest BCUT2D eigenvalue weighted by Crippen LogP contribution is -2.32. The average Bonchev–Trinajstić information content (AvgIpc) is 2.25. The van der Waals surface area contributed by atoms with Crippen molar-refractivity contribution in [1.82, 2.24) is 10.3 Å². The quantitative estimate of drug-likeness (QED) is 0.758. The van der Waals surface area contributed by atoms with E-state index in [1.807, 2.05) is 6.07 Å². The molecule has 0 aliphatic carbocycles. The molecular weight excluding hydrogens is 208 g/mol. The molecule has 0 saturated carbocycles. The lowest BCUT2D eigenvalue weighted by atomic mass is 10.0. The summed E-state index contributed by atoms with van der Waals surface area (Å²) < 4.78 is 0. The first kappa shape index (κ1) is 12.2. The Bertz CT molecular complexity index is 365. The van der Waals surface area contributed by atoms with E-state index in [9.17, 15) is 9.59 Å². The van der Waals surface area contributed by atoms with Crippen LogP contribution in [0.5, 0.6) is 0 Å². The molecule has 0 saturated heterocycles. The van der Waals surface area contributed by atoms with Gasteiger partial charge in [-0.15, -0.1) is 0 Å². The summed E-state index contributed by atoms with van der Waals surface area (Å²) in [5, 5.41) is 11.5. The van der Waals surface area contributed by atoms with Crippen LogP contribution in [-0.2, 0) is 16.0 Å². The molecule has 1 atom stereocenters. The van der Waals surface area contributed by atoms with Crippen molar-refractivity contribution in [2.45, 2.75) is 13.3 Å². The molecule has 0 aliphatic heterocycles. The van der Waals surface area contributed by atoms with Crippen LogP contribution in [0.1, 0.15) is 12.5 Å². The number of hydrogen-bond acceptors (Lipinski definition) is 3. The van der Waals surface area contributed by atoms with Gasteiger partial charge in [-0.3, -0.25) is 14.6 Å². The Balaban J connectivity index is 2.58. The molecular formula is C11H14N2O3. The first-order valence-corrected chi connectivity index (χ1v) is 4.95. The molecule has 1 heterocycles. The molecule has 1 aromatic rings. The van der Waals surface area contributed by atoms with Gasteiger partial charge in [0.05, 0.1) is 5.92 Å². The van der Waals surface area contributed by atoms with E-state index in [1.165, 1.54) is 6.92 Å². The van der Waals surface area contributed by atoms with Crippen LogP contribution in [0.15, 0.2) is 24.5 Å². The van der Waals surface area contributed by atoms with Crippen molar-refractivity contribution in [2.24, 2.45) is 5.92 Å². The lowest BCUT2D eigenvalue weighted by Gasteiger charge is -2.12. The summed E-state index contributed by atoms with van der Waals surface area (Å²) in [4.78, 5) is 25.6. The minimum atomic E-state index is -0.919. The fourth-order valence-electron chi connectivity index (χ4n) is 1.32. The van der Waals surface area contributed by atoms with Crippen molar-refractivity contribution in [2.75, 3.05) is 6.54 Å². The zero-order valence-corrected chi connectivity index (χ0v) is 9.01. The SMILES string of the molecule is CC(=O)NCC(Cc1cccnc1)C(=O)O. The second-order valence-electron chi connectivity index (χ2n) is 3.54. The molecule has 16 heavy (non-hydrogen) atoms. The third-order valence-corrected chi connectivity index (χ3v) is 2.15. The van der Waals surface area contributed by atoms with Gasteiger partial charge in [-0.05, 0) is 18.1 Å². The Kier molecular flexibility index (Phi) is 4.44. The monoisotopic (exact) mass is 222 g/mol. The van der Waals surface area contributed by atoms with Gasteiger partial charge in [-0.1, -0.05) is 6.07 Å². The zero-order valence-electron chi connectivity index (χ0n) is 9.01. The number of hydrogen-bond donors (Lipinski definition) is 2. The van der Waals surface area contributed by atoms with E-state index in [-0.39, 0.29) is 12.5 Å². The first-order valence-electron chi connectivity index (χ1n) is 4.95. The maximum absolute atomic E-state index is 10.9. The number of carboxylic acids is 1. The van der Waals surface area contributed by atoms with Crippen LogP contribution < -0.4 is 5.32 Å². The highest BCUT2D eigenvalue weighted by atomic mass is 16.4. The number of carboxylic acid groups (broad SMARTS) is 1. The Hall–Kier alpha value is -1.91. The molecule has 0 aromatic carbocycles. The van der Waals surface area contributed by atoms with Gasteiger partial charge in [0.25, 0.3) is 0 Å². The van der Waals surface area contributed by atoms with Crippen LogP contribution in [0.4, 0.5) is 0 Å². The van der Waals surface area contributed by atoms with Gasteiger partial charge >= 0.3 is 5.97 Å². The van der Waals surface area contributed by atoms with Crippen LogP contribution in [0.2, 0.25) is 0 Å². The average molecular weight is 222 g/mol. The highest BCUT2D eigenvalue weighted by Crippen LogP contribution is 2.07. The maximum Gasteiger partial charge on any atom is 0.308 e. The van der Waals surface area contributed by atoms with E-state index in [0.29, 0.717) is 6.42 Å². The molecule has 0 aliphatic rings. The van der Waals surface area contributed by atoms with E-state index in [1.54, 1.807) is 18.5 Å². The van der Waals surface area contributed by atoms with Crippen molar-refractivity contribution in [3.05, 3.63) is 30.1 Å². The standard InChI is InChI=1S/C11H14N2O3/c1-8(14)13-7-10(11(15)16)5-9-3-2-4-12-6-9/h2-4,6,10H,5,7H2,1H3,(H,13,14)(H,15,16). The van der Waals surface area contributed by atoms with Crippen molar-refractivity contribution in [1.29, 1.82) is 0 Å². The highest BCUT2D eigenvalue weighted by molar-refractivity contribution is 5.75. The number of nitrogens with one attached hydrogen (secondary N) is 1. The number of pyridine rings is 1. The summed E-state index contributed by atoms with van der Waals surface area (Å²) in [5.74, 6) is -1.76. The molecule has 86 valence electrons. The van der Waals surface area contributed by atoms with Crippen molar-refractivity contribution >= 4 is 11.9 Å². The van der Waals surface area contributed by atoms with E-state index in [0.717, 1.165) is 5.56 Å². The van der Waals surface area contributed by atoms with E-state index < -0.39 is 11.9 Å². The maximum atomic E-state index is 10.9. The fraction of sp³-hybridized carbons (Fsp3) is 0.364. The lowest BCUT2D eigenvalue weighted by molar-refractivity contribution is -0.141. The molecule has 5 nitrogen and oxygen atoms in total. The van der Waals surface area contributed by atoms with Crippen LogP contribution in [0, 0.1) is 5.92 Å². The van der Waals surface area contributed by atoms with Gasteiger partial charge in [0.1, 0.15) is 0 Å². The van der Waals surface area contributed by atoms with Crippen molar-refractivity contribution < 1.29 is 14.7 Å². The number of rotatable bonds is 5. The number of nitrogens with zero attached hydrogens (tertiary/aromatic N) is 1. The van der Waals surface area contributed by atoms with Gasteiger partial charge in [0.15, 0.2) is 0 Å². The van der Waals surface area contributed by atoms with Gasteiger partial charge in [-0.2, -0.15) is 0 Å². The number of aromatic nitrogens is 1. The highest BCUT2D eigenvalue weighted by Gasteiger charge is 2.18. The van der Waals surface area contributed by atoms with Gasteiger partial charge in [0.2, 0.25) is 5.91 Å². The molecule has 1 aromatic heterocycles. The van der Waals surface area contributed by atoms with Crippen LogP contribution in [-0.4, -0.2) is 28.5 Å². The molecule has 0 fully saturated rings. The molecule has 0 bridgehead atoms. The predicted molar refractivity (Wildman–Crippen MR) is 57.8 cm³/mol. The molecule has 0 radical (unpaired) electrons. The summed E-state index contributed by atoms with van der Waals surface area (Å²) in [6.45, 7) is 1.50. The third-order valence-electron chi connectivity index (χ3n) is 2.15. The number of carbonyl (C=O) groups excluding carboxylic acids is 1. The van der Waals surface area contributed by atoms with Gasteiger partial charge in [-0.25, -0.2) is 0 Å². The van der Waals surface area contributed by atoms with Crippen LogP contribution in [0.25, 0.3) is 0 Å². The number of amides is 1. The Labute approximate surface area is 93.5 Å². The number of aliphatic carboxylic acids is 1. The first-order chi connectivity index (χ1) is 7.59. The largest absolute Gasteiger partial charge is 0.481 e. The topological polar surface area (TPSA) is 79.3 Å². The molecule has 2 N–H and O–H groups in total. The smallest absolute Gasteiger partial charge is 0.308 e. The zero-order chi connectivity index (χ0) is 12.0. The molecule has 1 amide bonds. The van der Waals surface area contributed by atoms with Gasteiger partial charge < -0.3 is 10.4 Å². The van der Waals surface area contributed by atoms with Crippen molar-refractivity contribution in [3.8, 4) is 0 Å². The van der Waals surface area contributed by atoms with E-state index >= 15 is 0 Å². The number of carbonyl (C=O) groups is 2. The predicted octanol–water partition coefficient (Wildman–Crippen LogP) is 0.461. The molecule has 0 spiro atoms. The Morgan fingerprint density at radius 2 is 2.31 bits per heavy atom.